The van der Waals surface area contributed by atoms with Crippen LogP contribution in [-0.4, -0.2) is 40.6 Å². The fourth-order valence-corrected chi connectivity index (χ4v) is 5.64. The summed E-state index contributed by atoms with van der Waals surface area (Å²) in [5.41, 5.74) is 1.84. The summed E-state index contributed by atoms with van der Waals surface area (Å²) >= 11 is 3.18. The zero-order valence-corrected chi connectivity index (χ0v) is 24.9. The molecule has 0 aliphatic heterocycles. The Hall–Kier alpha value is -4.22. The van der Waals surface area contributed by atoms with E-state index in [1.165, 1.54) is 0 Å². The molecule has 42 heavy (non-hydrogen) atoms. The molecular weight excluding hydrogens is 571 g/mol. The number of carbonyl (C=O) groups is 3. The molecule has 0 saturated heterocycles. The third kappa shape index (κ3) is 10.6. The molecule has 0 aliphatic carbocycles. The van der Waals surface area contributed by atoms with E-state index in [9.17, 15) is 14.4 Å². The van der Waals surface area contributed by atoms with Crippen LogP contribution in [-0.2, 0) is 35.7 Å². The summed E-state index contributed by atoms with van der Waals surface area (Å²) in [4.78, 5) is 46.8. The maximum atomic E-state index is 13.9. The summed E-state index contributed by atoms with van der Waals surface area (Å²) in [6.45, 7) is 1.80. The number of ether oxygens (including phenoxy) is 1. The first kappa shape index (κ1) is 30.7. The number of nitrogens with zero attached hydrogens (tertiary/aromatic N) is 2. The Kier molecular flexibility index (Phi) is 12.4. The van der Waals surface area contributed by atoms with E-state index in [0.29, 0.717) is 45.4 Å². The topological polar surface area (TPSA) is 113 Å². The van der Waals surface area contributed by atoms with Crippen molar-refractivity contribution in [2.45, 2.75) is 51.5 Å². The van der Waals surface area contributed by atoms with Crippen LogP contribution in [0.4, 0.5) is 9.59 Å². The highest BCUT2D eigenvalue weighted by Crippen LogP contribution is 2.19. The average Bonchev–Trinajstić information content (AvgIpc) is 3.73. The number of hydrogen-bond acceptors (Lipinski definition) is 7. The van der Waals surface area contributed by atoms with Gasteiger partial charge in [0.2, 0.25) is 5.91 Å². The number of carbonyl (C=O) groups excluding carboxylic acids is 3. The van der Waals surface area contributed by atoms with Crippen LogP contribution in [0.15, 0.2) is 89.9 Å². The number of benzene rings is 1. The number of rotatable bonds is 15. The van der Waals surface area contributed by atoms with E-state index in [-0.39, 0.29) is 12.5 Å². The highest BCUT2D eigenvalue weighted by molar-refractivity contribution is 7.10. The number of aromatic nitrogens is 1. The van der Waals surface area contributed by atoms with Crippen molar-refractivity contribution in [1.82, 2.24) is 25.8 Å². The van der Waals surface area contributed by atoms with E-state index in [1.54, 1.807) is 46.0 Å². The van der Waals surface area contributed by atoms with Gasteiger partial charge in [-0.15, -0.1) is 22.7 Å². The van der Waals surface area contributed by atoms with Crippen molar-refractivity contribution >= 4 is 40.7 Å². The lowest BCUT2D eigenvalue weighted by Gasteiger charge is -2.27. The molecule has 0 fully saturated rings. The fraction of sp³-hybridized carbons (Fsp3) is 0.290. The molecule has 220 valence electrons. The molecule has 9 nitrogen and oxygen atoms in total. The molecule has 0 unspecified atom stereocenters. The third-order valence-electron chi connectivity index (χ3n) is 6.34. The summed E-state index contributed by atoms with van der Waals surface area (Å²) in [5, 5.41) is 12.4. The molecule has 4 rings (SSSR count). The van der Waals surface area contributed by atoms with Crippen LogP contribution in [0.2, 0.25) is 0 Å². The Balaban J connectivity index is 1.33. The summed E-state index contributed by atoms with van der Waals surface area (Å²) in [5.74, 6) is -0.158. The van der Waals surface area contributed by atoms with Crippen LogP contribution in [0.25, 0.3) is 0 Å². The van der Waals surface area contributed by atoms with E-state index in [1.807, 2.05) is 71.4 Å². The maximum Gasteiger partial charge on any atom is 0.407 e. The van der Waals surface area contributed by atoms with Gasteiger partial charge in [-0.25, -0.2) is 9.59 Å². The van der Waals surface area contributed by atoms with Crippen molar-refractivity contribution in [1.29, 1.82) is 0 Å². The number of pyridine rings is 1. The first-order valence-electron chi connectivity index (χ1n) is 13.8. The van der Waals surface area contributed by atoms with E-state index < -0.39 is 18.2 Å². The molecule has 4 amide bonds. The van der Waals surface area contributed by atoms with Crippen LogP contribution in [0, 0.1) is 0 Å². The summed E-state index contributed by atoms with van der Waals surface area (Å²) in [6.07, 6.45) is 4.40. The Morgan fingerprint density at radius 3 is 2.14 bits per heavy atom. The minimum atomic E-state index is -0.745. The Morgan fingerprint density at radius 2 is 1.50 bits per heavy atom. The number of nitrogens with one attached hydrogen (secondary N) is 3. The van der Waals surface area contributed by atoms with Crippen molar-refractivity contribution in [3.63, 3.8) is 0 Å². The molecule has 0 spiro atoms. The molecule has 0 saturated carbocycles. The highest BCUT2D eigenvalue weighted by atomic mass is 32.1. The predicted molar refractivity (Wildman–Crippen MR) is 165 cm³/mol. The molecule has 3 heterocycles. The van der Waals surface area contributed by atoms with Crippen molar-refractivity contribution in [3.8, 4) is 0 Å². The number of hydrogen-bond donors (Lipinski definition) is 3. The maximum absolute atomic E-state index is 13.9. The van der Waals surface area contributed by atoms with Gasteiger partial charge in [0.05, 0.1) is 19.7 Å². The van der Waals surface area contributed by atoms with Crippen molar-refractivity contribution in [2.75, 3.05) is 6.61 Å². The fourth-order valence-electron chi connectivity index (χ4n) is 4.20. The van der Waals surface area contributed by atoms with Gasteiger partial charge in [0.1, 0.15) is 6.04 Å². The number of amides is 4. The van der Waals surface area contributed by atoms with Crippen LogP contribution in [0.1, 0.15) is 40.1 Å². The van der Waals surface area contributed by atoms with Gasteiger partial charge in [-0.1, -0.05) is 48.5 Å². The van der Waals surface area contributed by atoms with Gasteiger partial charge in [-0.3, -0.25) is 9.78 Å². The molecule has 3 aromatic heterocycles. The van der Waals surface area contributed by atoms with Crippen LogP contribution in [0.3, 0.4) is 0 Å². The smallest absolute Gasteiger partial charge is 0.407 e. The lowest BCUT2D eigenvalue weighted by molar-refractivity contribution is -0.134. The second-order valence-electron chi connectivity index (χ2n) is 9.56. The standard InChI is InChI=1S/C31H35N5O4S2/c37-29(36(22-26-12-7-17-41-26)23-27-13-8-18-42-27)28(35-30(38)33-21-25-11-6-15-32-19-25)14-4-5-16-40-31(39)34-20-24-9-2-1-3-10-24/h1-3,6-13,15,17-19,28H,4-5,14,16,20-23H2,(H,34,39)(H2,33,35,38)/t28-/m0/s1. The summed E-state index contributed by atoms with van der Waals surface area (Å²) in [6, 6.07) is 20.0. The van der Waals surface area contributed by atoms with E-state index in [4.69, 9.17) is 4.74 Å². The molecule has 0 radical (unpaired) electrons. The van der Waals surface area contributed by atoms with Gasteiger partial charge < -0.3 is 25.6 Å². The van der Waals surface area contributed by atoms with E-state index >= 15 is 0 Å². The Bertz CT molecular complexity index is 1320. The predicted octanol–water partition coefficient (Wildman–Crippen LogP) is 5.70. The Morgan fingerprint density at radius 1 is 0.810 bits per heavy atom. The van der Waals surface area contributed by atoms with Gasteiger partial charge in [-0.2, -0.15) is 0 Å². The minimum Gasteiger partial charge on any atom is -0.450 e. The first-order chi connectivity index (χ1) is 20.6. The molecule has 3 N–H and O–H groups in total. The summed E-state index contributed by atoms with van der Waals surface area (Å²) in [7, 11) is 0. The molecule has 0 aliphatic rings. The van der Waals surface area contributed by atoms with E-state index in [2.05, 4.69) is 20.9 Å². The molecular formula is C31H35N5O4S2. The van der Waals surface area contributed by atoms with Gasteiger partial charge in [-0.05, 0) is 59.3 Å². The van der Waals surface area contributed by atoms with Gasteiger partial charge in [0.15, 0.2) is 0 Å². The Labute approximate surface area is 253 Å². The largest absolute Gasteiger partial charge is 0.450 e. The second-order valence-corrected chi connectivity index (χ2v) is 11.6. The molecule has 0 bridgehead atoms. The van der Waals surface area contributed by atoms with Gasteiger partial charge in [0, 0.05) is 35.2 Å². The highest BCUT2D eigenvalue weighted by Gasteiger charge is 2.26. The number of unbranched alkanes of at least 4 members (excludes halogenated alkanes) is 1. The van der Waals surface area contributed by atoms with Crippen molar-refractivity contribution in [2.24, 2.45) is 0 Å². The lowest BCUT2D eigenvalue weighted by atomic mass is 10.1. The normalized spacial score (nSPS) is 11.3. The van der Waals surface area contributed by atoms with Crippen LogP contribution in [0.5, 0.6) is 0 Å². The SMILES string of the molecule is O=C(NCc1cccnc1)N[C@@H](CCCCOC(=O)NCc1ccccc1)C(=O)N(Cc1cccs1)Cc1cccs1. The molecule has 11 heteroatoms. The molecule has 1 aromatic carbocycles. The van der Waals surface area contributed by atoms with Crippen LogP contribution < -0.4 is 16.0 Å². The number of thiophene rings is 2. The minimum absolute atomic E-state index is 0.158. The average molecular weight is 606 g/mol. The van der Waals surface area contributed by atoms with E-state index in [0.717, 1.165) is 20.9 Å². The summed E-state index contributed by atoms with van der Waals surface area (Å²) < 4.78 is 5.31. The second kappa shape index (κ2) is 16.9. The monoisotopic (exact) mass is 605 g/mol. The third-order valence-corrected chi connectivity index (χ3v) is 8.07. The first-order valence-corrected chi connectivity index (χ1v) is 15.5. The van der Waals surface area contributed by atoms with Crippen LogP contribution >= 0.6 is 22.7 Å². The zero-order chi connectivity index (χ0) is 29.4. The molecule has 1 atom stereocenters. The van der Waals surface area contributed by atoms with Crippen molar-refractivity contribution < 1.29 is 19.1 Å². The zero-order valence-electron chi connectivity index (χ0n) is 23.2. The van der Waals surface area contributed by atoms with Gasteiger partial charge >= 0.3 is 12.1 Å². The molecule has 4 aromatic rings. The quantitative estimate of drug-likeness (QED) is 0.151. The number of alkyl carbamates (subject to hydrolysis) is 1. The van der Waals surface area contributed by atoms with Gasteiger partial charge in [0.25, 0.3) is 0 Å². The van der Waals surface area contributed by atoms with Crippen molar-refractivity contribution in [3.05, 3.63) is 111 Å². The number of urea groups is 1. The lowest BCUT2D eigenvalue weighted by Crippen LogP contribution is -2.50.